The van der Waals surface area contributed by atoms with Crippen molar-refractivity contribution in [3.63, 3.8) is 0 Å². The lowest BCUT2D eigenvalue weighted by Gasteiger charge is -2.12. The van der Waals surface area contributed by atoms with E-state index in [2.05, 4.69) is 21.2 Å². The maximum atomic E-state index is 12.3. The smallest absolute Gasteiger partial charge is 0.255 e. The summed E-state index contributed by atoms with van der Waals surface area (Å²) >= 11 is 9.46. The second-order valence-electron chi connectivity index (χ2n) is 4.86. The Morgan fingerprint density at radius 2 is 1.80 bits per heavy atom. The van der Waals surface area contributed by atoms with Crippen molar-refractivity contribution in [2.75, 3.05) is 5.32 Å². The number of carbonyl (C=O) groups excluding carboxylic acids is 1. The van der Waals surface area contributed by atoms with E-state index in [1.807, 2.05) is 32.9 Å². The molecule has 2 nitrogen and oxygen atoms in total. The fraction of sp³-hybridized carbons (Fsp3) is 0.188. The van der Waals surface area contributed by atoms with Crippen LogP contribution in [-0.4, -0.2) is 5.91 Å². The zero-order valence-corrected chi connectivity index (χ0v) is 13.9. The fourth-order valence-corrected chi connectivity index (χ4v) is 2.94. The maximum Gasteiger partial charge on any atom is 0.255 e. The minimum Gasteiger partial charge on any atom is -0.321 e. The Balaban J connectivity index is 2.30. The number of aryl methyl sites for hydroxylation is 3. The molecule has 20 heavy (non-hydrogen) atoms. The van der Waals surface area contributed by atoms with Crippen LogP contribution in [0.4, 0.5) is 5.69 Å². The van der Waals surface area contributed by atoms with Crippen LogP contribution in [0.1, 0.15) is 27.0 Å². The molecule has 1 amide bonds. The van der Waals surface area contributed by atoms with Crippen molar-refractivity contribution in [3.8, 4) is 0 Å². The predicted molar refractivity (Wildman–Crippen MR) is 87.8 cm³/mol. The van der Waals surface area contributed by atoms with Gasteiger partial charge in [0, 0.05) is 15.1 Å². The molecule has 0 aliphatic rings. The van der Waals surface area contributed by atoms with E-state index in [-0.39, 0.29) is 5.91 Å². The third-order valence-corrected chi connectivity index (χ3v) is 4.14. The van der Waals surface area contributed by atoms with E-state index in [0.717, 1.165) is 26.9 Å². The van der Waals surface area contributed by atoms with Gasteiger partial charge in [-0.1, -0.05) is 17.7 Å². The predicted octanol–water partition coefficient (Wildman–Crippen LogP) is 5.28. The minimum absolute atomic E-state index is 0.141. The largest absolute Gasteiger partial charge is 0.321 e. The van der Waals surface area contributed by atoms with Gasteiger partial charge in [0.05, 0.1) is 5.69 Å². The van der Waals surface area contributed by atoms with Crippen molar-refractivity contribution >= 4 is 39.1 Å². The van der Waals surface area contributed by atoms with E-state index >= 15 is 0 Å². The number of nitrogens with one attached hydrogen (secondary N) is 1. The number of benzene rings is 2. The SMILES string of the molecule is Cc1cc(C)c(NC(=O)c2ccc(Cl)c(C)c2)c(Br)c1. The molecule has 0 atom stereocenters. The van der Waals surface area contributed by atoms with Gasteiger partial charge in [-0.2, -0.15) is 0 Å². The van der Waals surface area contributed by atoms with Gasteiger partial charge in [-0.05, 0) is 77.7 Å². The van der Waals surface area contributed by atoms with Crippen molar-refractivity contribution < 1.29 is 4.79 Å². The molecule has 0 saturated carbocycles. The highest BCUT2D eigenvalue weighted by molar-refractivity contribution is 9.10. The van der Waals surface area contributed by atoms with Gasteiger partial charge in [-0.3, -0.25) is 4.79 Å². The molecule has 0 aromatic heterocycles. The van der Waals surface area contributed by atoms with Gasteiger partial charge in [0.15, 0.2) is 0 Å². The Bertz CT molecular complexity index is 659. The van der Waals surface area contributed by atoms with Crippen molar-refractivity contribution in [2.45, 2.75) is 20.8 Å². The van der Waals surface area contributed by atoms with Crippen molar-refractivity contribution in [1.29, 1.82) is 0 Å². The lowest BCUT2D eigenvalue weighted by Crippen LogP contribution is -2.13. The number of hydrogen-bond acceptors (Lipinski definition) is 1. The van der Waals surface area contributed by atoms with Crippen LogP contribution >= 0.6 is 27.5 Å². The molecule has 0 aliphatic carbocycles. The maximum absolute atomic E-state index is 12.3. The number of rotatable bonds is 2. The van der Waals surface area contributed by atoms with Gasteiger partial charge in [-0.15, -0.1) is 0 Å². The molecular formula is C16H15BrClNO. The van der Waals surface area contributed by atoms with Gasteiger partial charge in [0.1, 0.15) is 0 Å². The first-order valence-electron chi connectivity index (χ1n) is 6.22. The van der Waals surface area contributed by atoms with Crippen LogP contribution in [0.3, 0.4) is 0 Å². The third-order valence-electron chi connectivity index (χ3n) is 3.09. The summed E-state index contributed by atoms with van der Waals surface area (Å²) in [6, 6.07) is 9.27. The lowest BCUT2D eigenvalue weighted by molar-refractivity contribution is 0.102. The van der Waals surface area contributed by atoms with Crippen LogP contribution < -0.4 is 5.32 Å². The Morgan fingerprint density at radius 1 is 1.10 bits per heavy atom. The number of anilines is 1. The number of halogens is 2. The first kappa shape index (κ1) is 15.1. The molecule has 0 saturated heterocycles. The Kier molecular flexibility index (Phi) is 4.51. The summed E-state index contributed by atoms with van der Waals surface area (Å²) in [4.78, 5) is 12.3. The molecule has 0 fully saturated rings. The molecule has 2 aromatic carbocycles. The van der Waals surface area contributed by atoms with Crippen LogP contribution in [0.25, 0.3) is 0 Å². The molecule has 0 spiro atoms. The number of amides is 1. The standard InChI is InChI=1S/C16H15BrClNO/c1-9-6-11(3)15(13(17)7-9)19-16(20)12-4-5-14(18)10(2)8-12/h4-8H,1-3H3,(H,19,20). The van der Waals surface area contributed by atoms with Gasteiger partial charge in [0.2, 0.25) is 0 Å². The molecule has 1 N–H and O–H groups in total. The highest BCUT2D eigenvalue weighted by Gasteiger charge is 2.11. The third kappa shape index (κ3) is 3.22. The molecule has 0 heterocycles. The minimum atomic E-state index is -0.141. The van der Waals surface area contributed by atoms with E-state index in [9.17, 15) is 4.79 Å². The molecule has 0 aliphatic heterocycles. The summed E-state index contributed by atoms with van der Waals surface area (Å²) in [5, 5.41) is 3.60. The van der Waals surface area contributed by atoms with E-state index in [0.29, 0.717) is 10.6 Å². The molecule has 2 aromatic rings. The average Bonchev–Trinajstić information content (AvgIpc) is 2.36. The van der Waals surface area contributed by atoms with Crippen LogP contribution in [0.5, 0.6) is 0 Å². The zero-order chi connectivity index (χ0) is 14.9. The van der Waals surface area contributed by atoms with Crippen LogP contribution in [0.15, 0.2) is 34.8 Å². The molecule has 2 rings (SSSR count). The highest BCUT2D eigenvalue weighted by atomic mass is 79.9. The highest BCUT2D eigenvalue weighted by Crippen LogP contribution is 2.28. The van der Waals surface area contributed by atoms with Crippen LogP contribution in [0.2, 0.25) is 5.02 Å². The molecule has 0 bridgehead atoms. The average molecular weight is 353 g/mol. The summed E-state index contributed by atoms with van der Waals surface area (Å²) in [5.74, 6) is -0.141. The molecule has 0 unspecified atom stereocenters. The fourth-order valence-electron chi connectivity index (χ4n) is 2.05. The van der Waals surface area contributed by atoms with Crippen LogP contribution in [0, 0.1) is 20.8 Å². The summed E-state index contributed by atoms with van der Waals surface area (Å²) < 4.78 is 0.883. The molecule has 104 valence electrons. The molecule has 4 heteroatoms. The quantitative estimate of drug-likeness (QED) is 0.782. The molecular weight excluding hydrogens is 338 g/mol. The lowest BCUT2D eigenvalue weighted by atomic mass is 10.1. The van der Waals surface area contributed by atoms with E-state index in [1.54, 1.807) is 18.2 Å². The van der Waals surface area contributed by atoms with E-state index in [4.69, 9.17) is 11.6 Å². The van der Waals surface area contributed by atoms with Gasteiger partial charge in [-0.25, -0.2) is 0 Å². The topological polar surface area (TPSA) is 29.1 Å². The van der Waals surface area contributed by atoms with Gasteiger partial charge < -0.3 is 5.32 Å². The summed E-state index contributed by atoms with van der Waals surface area (Å²) in [6.45, 7) is 5.87. The zero-order valence-electron chi connectivity index (χ0n) is 11.6. The Labute approximate surface area is 132 Å². The summed E-state index contributed by atoms with van der Waals surface area (Å²) in [7, 11) is 0. The van der Waals surface area contributed by atoms with Gasteiger partial charge in [0.25, 0.3) is 5.91 Å². The summed E-state index contributed by atoms with van der Waals surface area (Å²) in [5.41, 5.74) is 4.46. The van der Waals surface area contributed by atoms with Crippen molar-refractivity contribution in [1.82, 2.24) is 0 Å². The summed E-state index contributed by atoms with van der Waals surface area (Å²) in [6.07, 6.45) is 0. The van der Waals surface area contributed by atoms with Crippen molar-refractivity contribution in [3.05, 3.63) is 62.1 Å². The normalized spacial score (nSPS) is 10.4. The Hall–Kier alpha value is -1.32. The first-order valence-corrected chi connectivity index (χ1v) is 7.40. The first-order chi connectivity index (χ1) is 9.38. The van der Waals surface area contributed by atoms with Crippen LogP contribution in [-0.2, 0) is 0 Å². The van der Waals surface area contributed by atoms with Crippen molar-refractivity contribution in [2.24, 2.45) is 0 Å². The second kappa shape index (κ2) is 5.98. The van der Waals surface area contributed by atoms with E-state index in [1.165, 1.54) is 0 Å². The Morgan fingerprint density at radius 3 is 2.40 bits per heavy atom. The molecule has 0 radical (unpaired) electrons. The van der Waals surface area contributed by atoms with E-state index < -0.39 is 0 Å². The monoisotopic (exact) mass is 351 g/mol. The number of hydrogen-bond donors (Lipinski definition) is 1. The number of carbonyl (C=O) groups is 1. The second-order valence-corrected chi connectivity index (χ2v) is 6.12. The van der Waals surface area contributed by atoms with Gasteiger partial charge >= 0.3 is 0 Å².